The van der Waals surface area contributed by atoms with Crippen LogP contribution in [0.3, 0.4) is 0 Å². The summed E-state index contributed by atoms with van der Waals surface area (Å²) in [6.07, 6.45) is 2.02. The lowest BCUT2D eigenvalue weighted by atomic mass is 10.1. The van der Waals surface area contributed by atoms with Gasteiger partial charge >= 0.3 is 0 Å². The fourth-order valence-electron chi connectivity index (χ4n) is 2.61. The van der Waals surface area contributed by atoms with Crippen LogP contribution in [0.1, 0.15) is 37.8 Å². The van der Waals surface area contributed by atoms with Crippen LogP contribution in [0.15, 0.2) is 60.7 Å². The normalized spacial score (nSPS) is 10.2. The SMILES string of the molecule is CCCOc1ccc(C#Cc2ccc3cc(OCCC)ccc3c2)cc1. The lowest BCUT2D eigenvalue weighted by Gasteiger charge is -2.06. The largest absolute Gasteiger partial charge is 0.494 e. The number of fused-ring (bicyclic) bond motifs is 1. The molecule has 0 spiro atoms. The summed E-state index contributed by atoms with van der Waals surface area (Å²) in [6.45, 7) is 5.70. The van der Waals surface area contributed by atoms with Crippen LogP contribution in [-0.2, 0) is 0 Å². The molecule has 0 aliphatic rings. The minimum atomic E-state index is 0.743. The van der Waals surface area contributed by atoms with Gasteiger partial charge in [-0.05, 0) is 72.1 Å². The third-order valence-electron chi connectivity index (χ3n) is 3.96. The fourth-order valence-corrected chi connectivity index (χ4v) is 2.61. The molecule has 132 valence electrons. The van der Waals surface area contributed by atoms with E-state index < -0.39 is 0 Å². The molecule has 0 atom stereocenters. The summed E-state index contributed by atoms with van der Waals surface area (Å²) in [5.74, 6) is 8.27. The van der Waals surface area contributed by atoms with Gasteiger partial charge in [-0.3, -0.25) is 0 Å². The first-order valence-electron chi connectivity index (χ1n) is 9.20. The van der Waals surface area contributed by atoms with E-state index in [9.17, 15) is 0 Å². The van der Waals surface area contributed by atoms with Crippen LogP contribution in [0.25, 0.3) is 10.8 Å². The minimum Gasteiger partial charge on any atom is -0.494 e. The van der Waals surface area contributed by atoms with Gasteiger partial charge in [-0.1, -0.05) is 37.8 Å². The zero-order valence-electron chi connectivity index (χ0n) is 15.4. The Balaban J connectivity index is 1.74. The molecule has 0 bridgehead atoms. The molecule has 0 aliphatic heterocycles. The van der Waals surface area contributed by atoms with Crippen molar-refractivity contribution in [1.29, 1.82) is 0 Å². The molecule has 2 heteroatoms. The van der Waals surface area contributed by atoms with Gasteiger partial charge in [0.05, 0.1) is 13.2 Å². The molecule has 0 saturated heterocycles. The zero-order valence-corrected chi connectivity index (χ0v) is 15.4. The molecule has 0 N–H and O–H groups in total. The summed E-state index contributed by atoms with van der Waals surface area (Å²) >= 11 is 0. The Morgan fingerprint density at radius 1 is 0.615 bits per heavy atom. The van der Waals surface area contributed by atoms with Crippen molar-refractivity contribution < 1.29 is 9.47 Å². The number of benzene rings is 3. The molecule has 2 nitrogen and oxygen atoms in total. The highest BCUT2D eigenvalue weighted by Crippen LogP contribution is 2.22. The first-order chi connectivity index (χ1) is 12.8. The Morgan fingerprint density at radius 3 is 1.88 bits per heavy atom. The molecule has 0 heterocycles. The van der Waals surface area contributed by atoms with E-state index in [0.29, 0.717) is 0 Å². The maximum absolute atomic E-state index is 5.69. The van der Waals surface area contributed by atoms with Gasteiger partial charge in [0.15, 0.2) is 0 Å². The highest BCUT2D eigenvalue weighted by molar-refractivity contribution is 5.85. The second-order valence-electron chi connectivity index (χ2n) is 6.20. The molecule has 3 rings (SSSR count). The second-order valence-corrected chi connectivity index (χ2v) is 6.20. The molecule has 3 aromatic carbocycles. The number of hydrogen-bond acceptors (Lipinski definition) is 2. The lowest BCUT2D eigenvalue weighted by Crippen LogP contribution is -1.94. The van der Waals surface area contributed by atoms with Crippen molar-refractivity contribution in [3.05, 3.63) is 71.8 Å². The van der Waals surface area contributed by atoms with Gasteiger partial charge in [-0.25, -0.2) is 0 Å². The molecular weight excluding hydrogens is 320 g/mol. The van der Waals surface area contributed by atoms with E-state index in [1.54, 1.807) is 0 Å². The van der Waals surface area contributed by atoms with Crippen molar-refractivity contribution in [3.63, 3.8) is 0 Å². The van der Waals surface area contributed by atoms with Crippen molar-refractivity contribution in [2.45, 2.75) is 26.7 Å². The Kier molecular flexibility index (Phi) is 6.17. The average molecular weight is 344 g/mol. The topological polar surface area (TPSA) is 18.5 Å². The molecule has 0 unspecified atom stereocenters. The van der Waals surface area contributed by atoms with E-state index in [1.807, 2.05) is 30.3 Å². The van der Waals surface area contributed by atoms with Gasteiger partial charge < -0.3 is 9.47 Å². The van der Waals surface area contributed by atoms with Crippen LogP contribution in [0, 0.1) is 11.8 Å². The summed E-state index contributed by atoms with van der Waals surface area (Å²) in [4.78, 5) is 0. The molecule has 0 saturated carbocycles. The van der Waals surface area contributed by atoms with Crippen molar-refractivity contribution in [2.75, 3.05) is 13.2 Å². The van der Waals surface area contributed by atoms with Crippen molar-refractivity contribution in [1.82, 2.24) is 0 Å². The third kappa shape index (κ3) is 4.80. The first-order valence-corrected chi connectivity index (χ1v) is 9.20. The summed E-state index contributed by atoms with van der Waals surface area (Å²) < 4.78 is 11.3. The maximum Gasteiger partial charge on any atom is 0.119 e. The summed E-state index contributed by atoms with van der Waals surface area (Å²) in [6, 6.07) is 20.4. The molecular formula is C24H24O2. The van der Waals surface area contributed by atoms with Gasteiger partial charge in [-0.15, -0.1) is 0 Å². The predicted molar refractivity (Wildman–Crippen MR) is 108 cm³/mol. The average Bonchev–Trinajstić information content (AvgIpc) is 2.69. The smallest absolute Gasteiger partial charge is 0.119 e. The van der Waals surface area contributed by atoms with E-state index in [2.05, 4.69) is 56.0 Å². The van der Waals surface area contributed by atoms with Crippen molar-refractivity contribution >= 4 is 10.8 Å². The fraction of sp³-hybridized carbons (Fsp3) is 0.250. The zero-order chi connectivity index (χ0) is 18.2. The van der Waals surface area contributed by atoms with E-state index >= 15 is 0 Å². The van der Waals surface area contributed by atoms with Gasteiger partial charge in [0.25, 0.3) is 0 Å². The number of rotatable bonds is 6. The highest BCUT2D eigenvalue weighted by Gasteiger charge is 1.99. The van der Waals surface area contributed by atoms with E-state index in [1.165, 1.54) is 10.8 Å². The Labute approximate surface area is 155 Å². The minimum absolute atomic E-state index is 0.743. The Bertz CT molecular complexity index is 914. The summed E-state index contributed by atoms with van der Waals surface area (Å²) in [5.41, 5.74) is 1.99. The van der Waals surface area contributed by atoms with E-state index in [-0.39, 0.29) is 0 Å². The highest BCUT2D eigenvalue weighted by atomic mass is 16.5. The van der Waals surface area contributed by atoms with Crippen LogP contribution < -0.4 is 9.47 Å². The predicted octanol–water partition coefficient (Wildman–Crippen LogP) is 5.82. The van der Waals surface area contributed by atoms with Gasteiger partial charge in [0.2, 0.25) is 0 Å². The molecule has 0 amide bonds. The van der Waals surface area contributed by atoms with Crippen LogP contribution in [0.5, 0.6) is 11.5 Å². The number of hydrogen-bond donors (Lipinski definition) is 0. The summed E-state index contributed by atoms with van der Waals surface area (Å²) in [7, 11) is 0. The first kappa shape index (κ1) is 17.9. The van der Waals surface area contributed by atoms with E-state index in [4.69, 9.17) is 9.47 Å². The molecule has 0 radical (unpaired) electrons. The lowest BCUT2D eigenvalue weighted by molar-refractivity contribution is 0.317. The van der Waals surface area contributed by atoms with Crippen LogP contribution in [0.4, 0.5) is 0 Å². The van der Waals surface area contributed by atoms with Gasteiger partial charge in [-0.2, -0.15) is 0 Å². The maximum atomic E-state index is 5.69. The monoisotopic (exact) mass is 344 g/mol. The van der Waals surface area contributed by atoms with Gasteiger partial charge in [0, 0.05) is 11.1 Å². The Hall–Kier alpha value is -2.92. The second kappa shape index (κ2) is 8.97. The quantitative estimate of drug-likeness (QED) is 0.525. The Morgan fingerprint density at radius 2 is 1.15 bits per heavy atom. The molecule has 0 aromatic heterocycles. The molecule has 0 aliphatic carbocycles. The van der Waals surface area contributed by atoms with Crippen LogP contribution in [-0.4, -0.2) is 13.2 Å². The van der Waals surface area contributed by atoms with Gasteiger partial charge in [0.1, 0.15) is 11.5 Å². The van der Waals surface area contributed by atoms with Crippen molar-refractivity contribution in [2.24, 2.45) is 0 Å². The van der Waals surface area contributed by atoms with Crippen LogP contribution in [0.2, 0.25) is 0 Å². The number of ether oxygens (including phenoxy) is 2. The molecule has 3 aromatic rings. The summed E-state index contributed by atoms with van der Waals surface area (Å²) in [5, 5.41) is 2.34. The van der Waals surface area contributed by atoms with Crippen molar-refractivity contribution in [3.8, 4) is 23.3 Å². The van der Waals surface area contributed by atoms with Crippen LogP contribution >= 0.6 is 0 Å². The molecule has 26 heavy (non-hydrogen) atoms. The molecule has 0 fully saturated rings. The standard InChI is InChI=1S/C24H24O2/c1-3-15-25-23-12-8-19(9-13-23)5-6-20-7-10-22-18-24(26-16-4-2)14-11-21(22)17-20/h7-14,17-18H,3-4,15-16H2,1-2H3. The van der Waals surface area contributed by atoms with E-state index in [0.717, 1.165) is 48.7 Å². The third-order valence-corrected chi connectivity index (χ3v) is 3.96.